The Morgan fingerprint density at radius 2 is 2.21 bits per heavy atom. The van der Waals surface area contributed by atoms with Crippen LogP contribution < -0.4 is 4.74 Å². The Morgan fingerprint density at radius 3 is 3.07 bits per heavy atom. The van der Waals surface area contributed by atoms with Crippen LogP contribution in [0.5, 0.6) is 5.75 Å². The first-order valence-corrected chi connectivity index (χ1v) is 9.38. The van der Waals surface area contributed by atoms with Crippen LogP contribution in [0.1, 0.15) is 40.9 Å². The van der Waals surface area contributed by atoms with Gasteiger partial charge in [-0.25, -0.2) is 9.78 Å². The number of hydrogen-bond donors (Lipinski definition) is 0. The Labute approximate surface area is 166 Å². The average Bonchev–Trinajstić information content (AvgIpc) is 3.48. The van der Waals surface area contributed by atoms with E-state index in [1.807, 2.05) is 23.5 Å². The zero-order valence-corrected chi connectivity index (χ0v) is 15.7. The molecule has 0 amide bonds. The van der Waals surface area contributed by atoms with Crippen LogP contribution in [0.25, 0.3) is 16.9 Å². The van der Waals surface area contributed by atoms with Gasteiger partial charge in [-0.3, -0.25) is 0 Å². The molecule has 3 aromatic heterocycles. The third-order valence-electron chi connectivity index (χ3n) is 5.01. The fraction of sp³-hybridized carbons (Fsp3) is 0.238. The van der Waals surface area contributed by atoms with E-state index in [-0.39, 0.29) is 6.10 Å². The van der Waals surface area contributed by atoms with Crippen molar-refractivity contribution in [2.45, 2.75) is 25.9 Å². The van der Waals surface area contributed by atoms with Gasteiger partial charge < -0.3 is 18.4 Å². The molecule has 8 heteroatoms. The topological polar surface area (TPSA) is 91.8 Å². The largest absolute Gasteiger partial charge is 0.423 e. The summed E-state index contributed by atoms with van der Waals surface area (Å²) in [5.41, 5.74) is 2.85. The van der Waals surface area contributed by atoms with Gasteiger partial charge in [-0.2, -0.15) is 4.98 Å². The number of nitrogens with zero attached hydrogens (tertiary/aromatic N) is 4. The molecule has 0 radical (unpaired) electrons. The number of aryl methyl sites for hydroxylation is 1. The van der Waals surface area contributed by atoms with Gasteiger partial charge in [0.2, 0.25) is 5.82 Å². The van der Waals surface area contributed by atoms with E-state index in [4.69, 9.17) is 14.0 Å². The molecular weight excluding hydrogens is 372 g/mol. The van der Waals surface area contributed by atoms with E-state index >= 15 is 0 Å². The number of aromatic nitrogens is 4. The molecule has 1 atom stereocenters. The maximum Gasteiger partial charge on any atom is 0.345 e. The summed E-state index contributed by atoms with van der Waals surface area (Å²) in [6.07, 6.45) is 5.13. The Morgan fingerprint density at radius 1 is 1.28 bits per heavy atom. The van der Waals surface area contributed by atoms with Crippen molar-refractivity contribution >= 4 is 11.5 Å². The van der Waals surface area contributed by atoms with Crippen LogP contribution in [0, 0.1) is 6.92 Å². The lowest BCUT2D eigenvalue weighted by Crippen LogP contribution is -2.12. The molecule has 4 aromatic rings. The smallest absolute Gasteiger partial charge is 0.345 e. The van der Waals surface area contributed by atoms with Gasteiger partial charge in [-0.05, 0) is 44.0 Å². The lowest BCUT2D eigenvalue weighted by atomic mass is 10.2. The molecule has 1 aliphatic heterocycles. The number of carbonyl (C=O) groups is 1. The SMILES string of the molecule is Cc1c(C(=O)Oc2cccc(-c3noc(C4CCCO4)n3)c2)ccc2cncn12. The van der Waals surface area contributed by atoms with Crippen molar-refractivity contribution in [2.24, 2.45) is 0 Å². The minimum atomic E-state index is -0.441. The Bertz CT molecular complexity index is 1190. The van der Waals surface area contributed by atoms with Gasteiger partial charge in [0, 0.05) is 17.9 Å². The van der Waals surface area contributed by atoms with Crippen LogP contribution in [-0.4, -0.2) is 32.1 Å². The number of imidazole rings is 1. The maximum atomic E-state index is 12.7. The number of rotatable bonds is 4. The quantitative estimate of drug-likeness (QED) is 0.387. The fourth-order valence-corrected chi connectivity index (χ4v) is 3.46. The van der Waals surface area contributed by atoms with Crippen LogP contribution >= 0.6 is 0 Å². The predicted molar refractivity (Wildman–Crippen MR) is 103 cm³/mol. The highest BCUT2D eigenvalue weighted by atomic mass is 16.5. The van der Waals surface area contributed by atoms with Crippen molar-refractivity contribution in [3.63, 3.8) is 0 Å². The van der Waals surface area contributed by atoms with Gasteiger partial charge in [0.05, 0.1) is 23.6 Å². The second-order valence-corrected chi connectivity index (χ2v) is 6.90. The lowest BCUT2D eigenvalue weighted by molar-refractivity contribution is 0.0733. The molecule has 0 bridgehead atoms. The molecule has 1 unspecified atom stereocenters. The number of pyridine rings is 1. The van der Waals surface area contributed by atoms with E-state index < -0.39 is 5.97 Å². The van der Waals surface area contributed by atoms with E-state index in [0.29, 0.717) is 35.2 Å². The molecule has 1 aliphatic rings. The number of hydrogen-bond acceptors (Lipinski definition) is 7. The van der Waals surface area contributed by atoms with E-state index in [2.05, 4.69) is 15.1 Å². The normalized spacial score (nSPS) is 16.4. The van der Waals surface area contributed by atoms with Crippen molar-refractivity contribution < 1.29 is 18.8 Å². The maximum absolute atomic E-state index is 12.7. The number of benzene rings is 1. The third kappa shape index (κ3) is 3.27. The van der Waals surface area contributed by atoms with Gasteiger partial charge >= 0.3 is 5.97 Å². The van der Waals surface area contributed by atoms with Crippen LogP contribution in [0.4, 0.5) is 0 Å². The summed E-state index contributed by atoms with van der Waals surface area (Å²) in [5, 5.41) is 4.03. The molecular formula is C21H18N4O4. The molecule has 0 spiro atoms. The number of ether oxygens (including phenoxy) is 2. The van der Waals surface area contributed by atoms with Gasteiger partial charge in [-0.1, -0.05) is 17.3 Å². The van der Waals surface area contributed by atoms with Crippen LogP contribution in [0.2, 0.25) is 0 Å². The van der Waals surface area contributed by atoms with E-state index in [0.717, 1.165) is 24.1 Å². The molecule has 146 valence electrons. The summed E-state index contributed by atoms with van der Waals surface area (Å²) < 4.78 is 18.4. The van der Waals surface area contributed by atoms with Crippen LogP contribution in [0.15, 0.2) is 53.4 Å². The molecule has 1 saturated heterocycles. The highest BCUT2D eigenvalue weighted by Crippen LogP contribution is 2.29. The standard InChI is InChI=1S/C21H18N4O4/c1-13-17(8-7-15-11-22-12-25(13)15)21(26)28-16-5-2-4-14(10-16)19-23-20(29-24-19)18-6-3-9-27-18/h2,4-5,7-8,10-12,18H,3,6,9H2,1H3. The predicted octanol–water partition coefficient (Wildman–Crippen LogP) is 3.76. The van der Waals surface area contributed by atoms with E-state index in [9.17, 15) is 4.79 Å². The molecule has 0 N–H and O–H groups in total. The average molecular weight is 390 g/mol. The zero-order chi connectivity index (χ0) is 19.8. The minimum absolute atomic E-state index is 0.140. The number of esters is 1. The molecule has 0 aliphatic carbocycles. The highest BCUT2D eigenvalue weighted by molar-refractivity contribution is 5.92. The van der Waals surface area contributed by atoms with Crippen LogP contribution in [0.3, 0.4) is 0 Å². The Hall–Kier alpha value is -3.52. The van der Waals surface area contributed by atoms with Crippen molar-refractivity contribution in [3.8, 4) is 17.1 Å². The molecule has 29 heavy (non-hydrogen) atoms. The first-order valence-electron chi connectivity index (χ1n) is 9.38. The highest BCUT2D eigenvalue weighted by Gasteiger charge is 2.24. The summed E-state index contributed by atoms with van der Waals surface area (Å²) in [6.45, 7) is 2.56. The first kappa shape index (κ1) is 17.6. The Balaban J connectivity index is 1.38. The van der Waals surface area contributed by atoms with Crippen molar-refractivity contribution in [2.75, 3.05) is 6.61 Å². The fourth-order valence-electron chi connectivity index (χ4n) is 3.46. The van der Waals surface area contributed by atoms with E-state index in [1.54, 1.807) is 36.8 Å². The van der Waals surface area contributed by atoms with Gasteiger partial charge in [0.1, 0.15) is 11.9 Å². The van der Waals surface area contributed by atoms with Gasteiger partial charge in [0.15, 0.2) is 0 Å². The molecule has 5 rings (SSSR count). The second-order valence-electron chi connectivity index (χ2n) is 6.90. The lowest BCUT2D eigenvalue weighted by Gasteiger charge is -2.09. The molecule has 1 fully saturated rings. The second kappa shape index (κ2) is 7.14. The molecule has 0 saturated carbocycles. The summed E-state index contributed by atoms with van der Waals surface area (Å²) in [6, 6.07) is 10.6. The zero-order valence-electron chi connectivity index (χ0n) is 15.7. The molecule has 4 heterocycles. The van der Waals surface area contributed by atoms with Crippen molar-refractivity contribution in [3.05, 3.63) is 66.1 Å². The molecule has 8 nitrogen and oxygen atoms in total. The molecule has 1 aromatic carbocycles. The monoisotopic (exact) mass is 390 g/mol. The van der Waals surface area contributed by atoms with Gasteiger partial charge in [0.25, 0.3) is 5.89 Å². The van der Waals surface area contributed by atoms with Crippen molar-refractivity contribution in [1.82, 2.24) is 19.5 Å². The summed E-state index contributed by atoms with van der Waals surface area (Å²) in [5.74, 6) is 0.873. The van der Waals surface area contributed by atoms with Crippen molar-refractivity contribution in [1.29, 1.82) is 0 Å². The summed E-state index contributed by atoms with van der Waals surface area (Å²) in [7, 11) is 0. The first-order chi connectivity index (χ1) is 14.2. The van der Waals surface area contributed by atoms with Gasteiger partial charge in [-0.15, -0.1) is 0 Å². The summed E-state index contributed by atoms with van der Waals surface area (Å²) >= 11 is 0. The Kier molecular flexibility index (Phi) is 4.33. The number of carbonyl (C=O) groups excluding carboxylic acids is 1. The van der Waals surface area contributed by atoms with E-state index in [1.165, 1.54) is 0 Å². The minimum Gasteiger partial charge on any atom is -0.423 e. The summed E-state index contributed by atoms with van der Waals surface area (Å²) in [4.78, 5) is 21.2. The number of fused-ring (bicyclic) bond motifs is 1. The van der Waals surface area contributed by atoms with Crippen LogP contribution in [-0.2, 0) is 4.74 Å². The third-order valence-corrected chi connectivity index (χ3v) is 5.01.